The van der Waals surface area contributed by atoms with Crippen LogP contribution in [0, 0.1) is 0 Å². The summed E-state index contributed by atoms with van der Waals surface area (Å²) in [5, 5.41) is 0.755. The number of hydrogen-bond donors (Lipinski definition) is 1. The second kappa shape index (κ2) is 8.25. The van der Waals surface area contributed by atoms with E-state index in [0.717, 1.165) is 56.2 Å². The zero-order valence-corrected chi connectivity index (χ0v) is 13.2. The molecule has 2 N–H and O–H groups in total. The molecule has 21 heavy (non-hydrogen) atoms. The second-order valence-electron chi connectivity index (χ2n) is 5.45. The molecule has 4 nitrogen and oxygen atoms in total. The lowest BCUT2D eigenvalue weighted by Crippen LogP contribution is -2.48. The van der Waals surface area contributed by atoms with E-state index in [1.807, 2.05) is 23.1 Å². The quantitative estimate of drug-likeness (QED) is 0.821. The SMILES string of the molecule is NCCCCCC(=O)N1CCN(c2cccc(Cl)c2)CC1. The van der Waals surface area contributed by atoms with Gasteiger partial charge in [-0.15, -0.1) is 0 Å². The van der Waals surface area contributed by atoms with Gasteiger partial charge in [0, 0.05) is 43.3 Å². The number of halogens is 1. The van der Waals surface area contributed by atoms with Crippen molar-refractivity contribution in [1.82, 2.24) is 4.90 Å². The van der Waals surface area contributed by atoms with Crippen LogP contribution < -0.4 is 10.6 Å². The Morgan fingerprint density at radius 2 is 1.90 bits per heavy atom. The summed E-state index contributed by atoms with van der Waals surface area (Å²) >= 11 is 6.03. The lowest BCUT2D eigenvalue weighted by Gasteiger charge is -2.36. The first-order chi connectivity index (χ1) is 10.2. The molecule has 1 aliphatic rings. The van der Waals surface area contributed by atoms with Gasteiger partial charge in [-0.3, -0.25) is 4.79 Å². The normalized spacial score (nSPS) is 15.3. The zero-order chi connectivity index (χ0) is 15.1. The molecule has 1 aromatic rings. The molecule has 0 aromatic heterocycles. The highest BCUT2D eigenvalue weighted by Crippen LogP contribution is 2.21. The van der Waals surface area contributed by atoms with Crippen molar-refractivity contribution < 1.29 is 4.79 Å². The zero-order valence-electron chi connectivity index (χ0n) is 12.4. The van der Waals surface area contributed by atoms with Gasteiger partial charge in [0.15, 0.2) is 0 Å². The molecule has 0 bridgehead atoms. The van der Waals surface area contributed by atoms with E-state index in [4.69, 9.17) is 17.3 Å². The van der Waals surface area contributed by atoms with Crippen LogP contribution in [0.4, 0.5) is 5.69 Å². The lowest BCUT2D eigenvalue weighted by molar-refractivity contribution is -0.131. The maximum Gasteiger partial charge on any atom is 0.222 e. The van der Waals surface area contributed by atoms with E-state index in [1.54, 1.807) is 0 Å². The summed E-state index contributed by atoms with van der Waals surface area (Å²) in [4.78, 5) is 16.4. The first-order valence-corrected chi connectivity index (χ1v) is 8.07. The molecular formula is C16H24ClN3O. The average Bonchev–Trinajstić information content (AvgIpc) is 2.51. The molecule has 0 saturated carbocycles. The minimum atomic E-state index is 0.276. The van der Waals surface area contributed by atoms with Gasteiger partial charge in [-0.25, -0.2) is 0 Å². The first-order valence-electron chi connectivity index (χ1n) is 7.69. The molecule has 0 aliphatic carbocycles. The average molecular weight is 310 g/mol. The maximum atomic E-state index is 12.1. The number of carbonyl (C=O) groups excluding carboxylic acids is 1. The Kier molecular flexibility index (Phi) is 6.33. The highest BCUT2D eigenvalue weighted by Gasteiger charge is 2.20. The van der Waals surface area contributed by atoms with E-state index < -0.39 is 0 Å². The van der Waals surface area contributed by atoms with Crippen molar-refractivity contribution in [3.63, 3.8) is 0 Å². The summed E-state index contributed by atoms with van der Waals surface area (Å²) in [7, 11) is 0. The summed E-state index contributed by atoms with van der Waals surface area (Å²) in [6.07, 6.45) is 3.66. The number of unbranched alkanes of at least 4 members (excludes halogenated alkanes) is 2. The molecule has 1 fully saturated rings. The van der Waals surface area contributed by atoms with Gasteiger partial charge in [0.1, 0.15) is 0 Å². The van der Waals surface area contributed by atoms with Crippen LogP contribution in [0.5, 0.6) is 0 Å². The molecule has 1 amide bonds. The Labute approximate surface area is 131 Å². The van der Waals surface area contributed by atoms with E-state index in [0.29, 0.717) is 13.0 Å². The van der Waals surface area contributed by atoms with Crippen molar-refractivity contribution >= 4 is 23.2 Å². The molecule has 1 saturated heterocycles. The van der Waals surface area contributed by atoms with E-state index in [9.17, 15) is 4.79 Å². The number of benzene rings is 1. The van der Waals surface area contributed by atoms with Crippen molar-refractivity contribution in [1.29, 1.82) is 0 Å². The van der Waals surface area contributed by atoms with Crippen LogP contribution in [-0.4, -0.2) is 43.5 Å². The van der Waals surface area contributed by atoms with Gasteiger partial charge in [-0.1, -0.05) is 24.1 Å². The third-order valence-electron chi connectivity index (χ3n) is 3.90. The van der Waals surface area contributed by atoms with Gasteiger partial charge >= 0.3 is 0 Å². The number of carbonyl (C=O) groups is 1. The van der Waals surface area contributed by atoms with Gasteiger partial charge in [-0.05, 0) is 37.6 Å². The predicted molar refractivity (Wildman–Crippen MR) is 87.8 cm³/mol. The van der Waals surface area contributed by atoms with Crippen molar-refractivity contribution in [2.24, 2.45) is 5.73 Å². The number of rotatable bonds is 6. The molecule has 1 heterocycles. The fourth-order valence-corrected chi connectivity index (χ4v) is 2.83. The largest absolute Gasteiger partial charge is 0.368 e. The van der Waals surface area contributed by atoms with Gasteiger partial charge in [0.2, 0.25) is 5.91 Å². The summed E-state index contributed by atoms with van der Waals surface area (Å²) in [6.45, 7) is 4.04. The van der Waals surface area contributed by atoms with Crippen molar-refractivity contribution in [2.75, 3.05) is 37.6 Å². The Hall–Kier alpha value is -1.26. The van der Waals surface area contributed by atoms with E-state index >= 15 is 0 Å². The summed E-state index contributed by atoms with van der Waals surface area (Å²) in [5.74, 6) is 0.276. The molecule has 0 radical (unpaired) electrons. The standard InChI is InChI=1S/C16H24ClN3O/c17-14-5-4-6-15(13-14)19-9-11-20(12-10-19)16(21)7-2-1-3-8-18/h4-6,13H,1-3,7-12,18H2. The molecule has 1 aromatic carbocycles. The molecular weight excluding hydrogens is 286 g/mol. The smallest absolute Gasteiger partial charge is 0.222 e. The molecule has 1 aliphatic heterocycles. The minimum absolute atomic E-state index is 0.276. The van der Waals surface area contributed by atoms with Crippen LogP contribution in [0.1, 0.15) is 25.7 Å². The number of anilines is 1. The number of amides is 1. The summed E-state index contributed by atoms with van der Waals surface area (Å²) in [6, 6.07) is 7.89. The monoisotopic (exact) mass is 309 g/mol. The van der Waals surface area contributed by atoms with Gasteiger partial charge < -0.3 is 15.5 Å². The van der Waals surface area contributed by atoms with Crippen LogP contribution in [0.2, 0.25) is 5.02 Å². The Morgan fingerprint density at radius 3 is 2.57 bits per heavy atom. The topological polar surface area (TPSA) is 49.6 Å². The second-order valence-corrected chi connectivity index (χ2v) is 5.88. The van der Waals surface area contributed by atoms with Crippen molar-refractivity contribution in [2.45, 2.75) is 25.7 Å². The highest BCUT2D eigenvalue weighted by molar-refractivity contribution is 6.30. The van der Waals surface area contributed by atoms with E-state index in [-0.39, 0.29) is 5.91 Å². The lowest BCUT2D eigenvalue weighted by atomic mass is 10.1. The number of nitrogens with two attached hydrogens (primary N) is 1. The third kappa shape index (κ3) is 4.90. The summed E-state index contributed by atoms with van der Waals surface area (Å²) < 4.78 is 0. The van der Waals surface area contributed by atoms with Crippen LogP contribution >= 0.6 is 11.6 Å². The fourth-order valence-electron chi connectivity index (χ4n) is 2.64. The van der Waals surface area contributed by atoms with Crippen LogP contribution in [0.15, 0.2) is 24.3 Å². The van der Waals surface area contributed by atoms with E-state index in [1.165, 1.54) is 0 Å². The van der Waals surface area contributed by atoms with Crippen molar-refractivity contribution in [3.05, 3.63) is 29.3 Å². The number of nitrogens with zero attached hydrogens (tertiary/aromatic N) is 2. The molecule has 5 heteroatoms. The highest BCUT2D eigenvalue weighted by atomic mass is 35.5. The molecule has 0 spiro atoms. The first kappa shape index (κ1) is 16.1. The molecule has 2 rings (SSSR count). The third-order valence-corrected chi connectivity index (χ3v) is 4.14. The number of hydrogen-bond acceptors (Lipinski definition) is 3. The Balaban J connectivity index is 1.76. The minimum Gasteiger partial charge on any atom is -0.368 e. The Morgan fingerprint density at radius 1 is 1.14 bits per heavy atom. The van der Waals surface area contributed by atoms with Crippen LogP contribution in [-0.2, 0) is 4.79 Å². The van der Waals surface area contributed by atoms with Crippen LogP contribution in [0.3, 0.4) is 0 Å². The predicted octanol–water partition coefficient (Wildman–Crippen LogP) is 2.51. The molecule has 0 unspecified atom stereocenters. The van der Waals surface area contributed by atoms with E-state index in [2.05, 4.69) is 11.0 Å². The maximum absolute atomic E-state index is 12.1. The Bertz CT molecular complexity index is 459. The van der Waals surface area contributed by atoms with Crippen molar-refractivity contribution in [3.8, 4) is 0 Å². The number of piperazine rings is 1. The summed E-state index contributed by atoms with van der Waals surface area (Å²) in [5.41, 5.74) is 6.60. The van der Waals surface area contributed by atoms with Gasteiger partial charge in [0.25, 0.3) is 0 Å². The molecule has 0 atom stereocenters. The molecule has 116 valence electrons. The fraction of sp³-hybridized carbons (Fsp3) is 0.562. The van der Waals surface area contributed by atoms with Gasteiger partial charge in [-0.2, -0.15) is 0 Å². The van der Waals surface area contributed by atoms with Gasteiger partial charge in [0.05, 0.1) is 0 Å². The van der Waals surface area contributed by atoms with Crippen LogP contribution in [0.25, 0.3) is 0 Å².